The average molecular weight is 576 g/mol. The van der Waals surface area contributed by atoms with E-state index in [4.69, 9.17) is 14.5 Å². The molecule has 0 amide bonds. The zero-order valence-electron chi connectivity index (χ0n) is 24.9. The first-order valence-electron chi connectivity index (χ1n) is 14.7. The molecule has 8 nitrogen and oxygen atoms in total. The van der Waals surface area contributed by atoms with E-state index in [0.29, 0.717) is 5.56 Å². The lowest BCUT2D eigenvalue weighted by atomic mass is 9.99. The Kier molecular flexibility index (Phi) is 8.40. The number of methoxy groups -OCH3 is 2. The van der Waals surface area contributed by atoms with Crippen molar-refractivity contribution in [2.24, 2.45) is 0 Å². The van der Waals surface area contributed by atoms with Crippen LogP contribution >= 0.6 is 0 Å². The van der Waals surface area contributed by atoms with E-state index in [1.54, 1.807) is 21.1 Å². The number of pyridine rings is 1. The molecule has 1 fully saturated rings. The molecule has 2 aromatic heterocycles. The number of nitrogens with zero attached hydrogens (tertiary/aromatic N) is 3. The molecular formula is C35H37N5O3. The summed E-state index contributed by atoms with van der Waals surface area (Å²) in [6.07, 6.45) is 4.15. The molecule has 3 heterocycles. The number of benzene rings is 3. The Morgan fingerprint density at radius 2 is 1.51 bits per heavy atom. The molecule has 0 aliphatic carbocycles. The number of nitrogens with one attached hydrogen (secondary N) is 2. The van der Waals surface area contributed by atoms with E-state index in [0.717, 1.165) is 95.6 Å². The van der Waals surface area contributed by atoms with Crippen LogP contribution in [0.25, 0.3) is 39.2 Å². The topological polar surface area (TPSA) is 80.1 Å². The van der Waals surface area contributed by atoms with Gasteiger partial charge in [-0.05, 0) is 53.9 Å². The molecule has 3 aromatic carbocycles. The zero-order chi connectivity index (χ0) is 29.8. The first-order chi connectivity index (χ1) is 21.0. The van der Waals surface area contributed by atoms with Gasteiger partial charge < -0.3 is 24.5 Å². The number of aromatic nitrogens is 2. The fourth-order valence-electron chi connectivity index (χ4n) is 5.52. The van der Waals surface area contributed by atoms with Crippen molar-refractivity contribution >= 4 is 17.1 Å². The second-order valence-corrected chi connectivity index (χ2v) is 10.8. The molecule has 0 radical (unpaired) electrons. The quantitative estimate of drug-likeness (QED) is 0.202. The number of ketones is 1. The van der Waals surface area contributed by atoms with Crippen LogP contribution in [0.1, 0.15) is 17.3 Å². The van der Waals surface area contributed by atoms with Crippen LogP contribution in [0, 0.1) is 0 Å². The Morgan fingerprint density at radius 3 is 2.16 bits per heavy atom. The van der Waals surface area contributed by atoms with Crippen molar-refractivity contribution in [1.82, 2.24) is 19.6 Å². The summed E-state index contributed by atoms with van der Waals surface area (Å²) in [7, 11) is 3.30. The molecule has 43 heavy (non-hydrogen) atoms. The van der Waals surface area contributed by atoms with Gasteiger partial charge in [0, 0.05) is 80.1 Å². The number of Topliss-reactive ketones (excluding diaryl/α,β-unsaturated/α-hetero) is 1. The molecule has 5 aromatic rings. The number of fused-ring (bicyclic) bond motifs is 1. The highest BCUT2D eigenvalue weighted by Crippen LogP contribution is 2.35. The molecule has 2 N–H and O–H groups in total. The summed E-state index contributed by atoms with van der Waals surface area (Å²) in [6.45, 7) is 7.86. The Labute approximate surface area is 252 Å². The molecule has 0 spiro atoms. The summed E-state index contributed by atoms with van der Waals surface area (Å²) in [4.78, 5) is 19.5. The molecule has 8 heteroatoms. The van der Waals surface area contributed by atoms with Gasteiger partial charge in [-0.25, -0.2) is 4.98 Å². The predicted octanol–water partition coefficient (Wildman–Crippen LogP) is 5.87. The normalized spacial score (nSPS) is 13.7. The van der Waals surface area contributed by atoms with Crippen molar-refractivity contribution < 1.29 is 14.3 Å². The highest BCUT2D eigenvalue weighted by Gasteiger charge is 2.15. The van der Waals surface area contributed by atoms with Crippen LogP contribution in [0.3, 0.4) is 0 Å². The van der Waals surface area contributed by atoms with Crippen LogP contribution < -0.4 is 20.1 Å². The van der Waals surface area contributed by atoms with Gasteiger partial charge in [0.2, 0.25) is 0 Å². The van der Waals surface area contributed by atoms with E-state index in [9.17, 15) is 4.79 Å². The molecule has 6 rings (SSSR count). The third-order valence-corrected chi connectivity index (χ3v) is 7.99. The van der Waals surface area contributed by atoms with Gasteiger partial charge in [0.1, 0.15) is 17.1 Å². The van der Waals surface area contributed by atoms with E-state index in [1.165, 1.54) is 0 Å². The molecule has 1 saturated heterocycles. The van der Waals surface area contributed by atoms with Crippen molar-refractivity contribution in [3.05, 3.63) is 90.8 Å². The third kappa shape index (κ3) is 6.40. The van der Waals surface area contributed by atoms with E-state index in [1.807, 2.05) is 42.5 Å². The minimum absolute atomic E-state index is 0.0405. The van der Waals surface area contributed by atoms with Gasteiger partial charge in [0.05, 0.1) is 19.9 Å². The van der Waals surface area contributed by atoms with Gasteiger partial charge in [0.25, 0.3) is 0 Å². The van der Waals surface area contributed by atoms with Crippen LogP contribution in [0.4, 0.5) is 5.69 Å². The fraction of sp³-hybridized carbons (Fsp3) is 0.257. The largest absolute Gasteiger partial charge is 0.497 e. The summed E-state index contributed by atoms with van der Waals surface area (Å²) in [5.41, 5.74) is 8.44. The van der Waals surface area contributed by atoms with Gasteiger partial charge in [0.15, 0.2) is 5.78 Å². The molecule has 1 aliphatic heterocycles. The SMILES string of the molecule is COc1cc(OC)cc(-c2cc(-c3ccc(C(C)=O)cc3)c3nc(-c4ccc(NCCN5CCNCC5)cc4)cn3c2)c1. The maximum absolute atomic E-state index is 11.9. The van der Waals surface area contributed by atoms with Gasteiger partial charge in [-0.1, -0.05) is 36.4 Å². The first kappa shape index (κ1) is 28.5. The monoisotopic (exact) mass is 575 g/mol. The van der Waals surface area contributed by atoms with Crippen molar-refractivity contribution in [1.29, 1.82) is 0 Å². The number of carbonyl (C=O) groups excluding carboxylic acids is 1. The standard InChI is InChI=1S/C35H37N5O3/c1-24(41)25-4-6-26(7-5-25)33-20-29(28-18-31(42-2)21-32(19-28)43-3)22-40-23-34(38-35(33)40)27-8-10-30(11-9-27)37-14-17-39-15-12-36-13-16-39/h4-11,18-23,36-37H,12-17H2,1-3H3. The molecule has 0 bridgehead atoms. The summed E-state index contributed by atoms with van der Waals surface area (Å²) >= 11 is 0. The number of hydrogen-bond acceptors (Lipinski definition) is 7. The Morgan fingerprint density at radius 1 is 0.837 bits per heavy atom. The fourth-order valence-corrected chi connectivity index (χ4v) is 5.52. The van der Waals surface area contributed by atoms with Gasteiger partial charge in [-0.15, -0.1) is 0 Å². The lowest BCUT2D eigenvalue weighted by Gasteiger charge is -2.27. The van der Waals surface area contributed by atoms with Crippen molar-refractivity contribution in [3.8, 4) is 45.0 Å². The Hall–Kier alpha value is -4.66. The summed E-state index contributed by atoms with van der Waals surface area (Å²) in [5, 5.41) is 6.95. The minimum Gasteiger partial charge on any atom is -0.497 e. The number of hydrogen-bond donors (Lipinski definition) is 2. The summed E-state index contributed by atoms with van der Waals surface area (Å²) < 4.78 is 13.2. The lowest BCUT2D eigenvalue weighted by molar-refractivity contribution is 0.101. The predicted molar refractivity (Wildman–Crippen MR) is 172 cm³/mol. The highest BCUT2D eigenvalue weighted by molar-refractivity contribution is 5.95. The first-order valence-corrected chi connectivity index (χ1v) is 14.7. The van der Waals surface area contributed by atoms with Crippen molar-refractivity contribution in [2.75, 3.05) is 58.8 Å². The summed E-state index contributed by atoms with van der Waals surface area (Å²) in [6, 6.07) is 24.2. The van der Waals surface area contributed by atoms with Gasteiger partial charge in [-0.3, -0.25) is 9.69 Å². The van der Waals surface area contributed by atoms with Gasteiger partial charge >= 0.3 is 0 Å². The minimum atomic E-state index is 0.0405. The molecule has 0 atom stereocenters. The Bertz CT molecular complexity index is 1700. The van der Waals surface area contributed by atoms with E-state index in [-0.39, 0.29) is 5.78 Å². The van der Waals surface area contributed by atoms with Crippen molar-refractivity contribution in [2.45, 2.75) is 6.92 Å². The van der Waals surface area contributed by atoms with Crippen LogP contribution in [0.2, 0.25) is 0 Å². The van der Waals surface area contributed by atoms with Crippen molar-refractivity contribution in [3.63, 3.8) is 0 Å². The number of anilines is 1. The van der Waals surface area contributed by atoms with E-state index < -0.39 is 0 Å². The molecule has 0 saturated carbocycles. The number of piperazine rings is 1. The van der Waals surface area contributed by atoms with Crippen LogP contribution in [-0.4, -0.2) is 73.6 Å². The zero-order valence-corrected chi connectivity index (χ0v) is 24.9. The number of ether oxygens (including phenoxy) is 2. The van der Waals surface area contributed by atoms with Gasteiger partial charge in [-0.2, -0.15) is 0 Å². The smallest absolute Gasteiger partial charge is 0.159 e. The third-order valence-electron chi connectivity index (χ3n) is 7.99. The number of carbonyl (C=O) groups is 1. The highest BCUT2D eigenvalue weighted by atomic mass is 16.5. The maximum Gasteiger partial charge on any atom is 0.159 e. The second-order valence-electron chi connectivity index (χ2n) is 10.8. The Balaban J connectivity index is 1.34. The van der Waals surface area contributed by atoms with E-state index in [2.05, 4.69) is 62.7 Å². The molecular weight excluding hydrogens is 538 g/mol. The van der Waals surface area contributed by atoms with Crippen LogP contribution in [0.5, 0.6) is 11.5 Å². The molecule has 1 aliphatic rings. The van der Waals surface area contributed by atoms with Crippen LogP contribution in [0.15, 0.2) is 85.2 Å². The van der Waals surface area contributed by atoms with Crippen LogP contribution in [-0.2, 0) is 0 Å². The number of imidazole rings is 1. The molecule has 0 unspecified atom stereocenters. The lowest BCUT2D eigenvalue weighted by Crippen LogP contribution is -2.45. The van der Waals surface area contributed by atoms with E-state index >= 15 is 0 Å². The maximum atomic E-state index is 11.9. The second kappa shape index (κ2) is 12.7. The average Bonchev–Trinajstić information content (AvgIpc) is 3.49. The number of rotatable bonds is 10. The summed E-state index contributed by atoms with van der Waals surface area (Å²) in [5.74, 6) is 1.48. The molecule has 220 valence electrons.